The van der Waals surface area contributed by atoms with E-state index in [0.717, 1.165) is 57.8 Å². The fourth-order valence-corrected chi connectivity index (χ4v) is 6.13. The molecule has 218 valence electrons. The van der Waals surface area contributed by atoms with Crippen LogP contribution in [-0.2, 0) is 17.7 Å². The predicted molar refractivity (Wildman–Crippen MR) is 157 cm³/mol. The van der Waals surface area contributed by atoms with Gasteiger partial charge in [0.1, 0.15) is 5.82 Å². The number of piperazine rings is 1. The Bertz CT molecular complexity index is 1290. The van der Waals surface area contributed by atoms with Crippen molar-refractivity contribution in [1.82, 2.24) is 20.0 Å². The Morgan fingerprint density at radius 3 is 2.73 bits per heavy atom. The van der Waals surface area contributed by atoms with Gasteiger partial charge in [0.25, 0.3) is 0 Å². The number of hydrogen-bond acceptors (Lipinski definition) is 5. The maximum Gasteiger partial charge on any atom is 0.321 e. The third kappa shape index (κ3) is 7.16. The third-order valence-electron chi connectivity index (χ3n) is 8.39. The number of anilines is 1. The maximum atomic E-state index is 13.6. The van der Waals surface area contributed by atoms with Crippen molar-refractivity contribution in [1.29, 1.82) is 5.26 Å². The molecule has 2 N–H and O–H groups in total. The molecule has 0 spiro atoms. The highest BCUT2D eigenvalue weighted by atomic mass is 19.1. The number of carbonyl (C=O) groups excluding carboxylic acids is 1. The zero-order valence-corrected chi connectivity index (χ0v) is 24.0. The van der Waals surface area contributed by atoms with Crippen LogP contribution in [0, 0.1) is 29.1 Å². The van der Waals surface area contributed by atoms with Gasteiger partial charge >= 0.3 is 6.03 Å². The Labute approximate surface area is 242 Å². The molecule has 2 aromatic carbocycles. The lowest BCUT2D eigenvalue weighted by Gasteiger charge is -2.44. The summed E-state index contributed by atoms with van der Waals surface area (Å²) in [6, 6.07) is 11.8. The lowest BCUT2D eigenvalue weighted by atomic mass is 9.95. The highest BCUT2D eigenvalue weighted by molar-refractivity contribution is 5.90. The SMILES string of the molecule is CC(C)C1CN(C(=O)Nc2cccc(F)c2)CCN1C(=Nc1cccc2c1CCN(CC1CCOCC1)C2)NC#N. The number of nitriles is 1. The average Bonchev–Trinajstić information content (AvgIpc) is 2.97. The zero-order chi connectivity index (χ0) is 28.8. The van der Waals surface area contributed by atoms with Crippen molar-refractivity contribution in [3.63, 3.8) is 0 Å². The van der Waals surface area contributed by atoms with Crippen LogP contribution in [0.3, 0.4) is 0 Å². The molecule has 0 saturated carbocycles. The molecular formula is C31H40FN7O2. The molecule has 3 aliphatic rings. The van der Waals surface area contributed by atoms with Crippen LogP contribution in [-0.4, -0.2) is 78.7 Å². The minimum absolute atomic E-state index is 0.0592. The average molecular weight is 562 g/mol. The number of amides is 2. The fraction of sp³-hybridized carbons (Fsp3) is 0.516. The van der Waals surface area contributed by atoms with E-state index in [1.54, 1.807) is 17.0 Å². The van der Waals surface area contributed by atoms with E-state index in [4.69, 9.17) is 9.73 Å². The van der Waals surface area contributed by atoms with Gasteiger partial charge in [-0.25, -0.2) is 14.2 Å². The highest BCUT2D eigenvalue weighted by Crippen LogP contribution is 2.30. The summed E-state index contributed by atoms with van der Waals surface area (Å²) in [4.78, 5) is 24.4. The van der Waals surface area contributed by atoms with E-state index in [-0.39, 0.29) is 18.0 Å². The van der Waals surface area contributed by atoms with E-state index in [2.05, 4.69) is 46.5 Å². The van der Waals surface area contributed by atoms with Gasteiger partial charge in [-0.05, 0) is 66.5 Å². The second-order valence-electron chi connectivity index (χ2n) is 11.5. The minimum atomic E-state index is -0.397. The molecule has 1 atom stereocenters. The first-order chi connectivity index (χ1) is 19.9. The quantitative estimate of drug-likeness (QED) is 0.241. The predicted octanol–water partition coefficient (Wildman–Crippen LogP) is 4.54. The van der Waals surface area contributed by atoms with Gasteiger partial charge in [-0.3, -0.25) is 10.2 Å². The van der Waals surface area contributed by atoms with Crippen LogP contribution in [0.25, 0.3) is 0 Å². The summed E-state index contributed by atoms with van der Waals surface area (Å²) in [7, 11) is 0. The number of ether oxygens (including phenoxy) is 1. The number of halogens is 1. The molecule has 2 fully saturated rings. The maximum absolute atomic E-state index is 13.6. The highest BCUT2D eigenvalue weighted by Gasteiger charge is 2.34. The van der Waals surface area contributed by atoms with Gasteiger partial charge in [0.2, 0.25) is 5.96 Å². The molecule has 0 bridgehead atoms. The fourth-order valence-electron chi connectivity index (χ4n) is 6.13. The normalized spacial score (nSPS) is 20.5. The number of carbonyl (C=O) groups is 1. The summed E-state index contributed by atoms with van der Waals surface area (Å²) in [5.41, 5.74) is 3.84. The number of hydrogen-bond donors (Lipinski definition) is 2. The van der Waals surface area contributed by atoms with Gasteiger partial charge < -0.3 is 19.9 Å². The third-order valence-corrected chi connectivity index (χ3v) is 8.39. The van der Waals surface area contributed by atoms with Crippen molar-refractivity contribution in [2.75, 3.05) is 51.3 Å². The largest absolute Gasteiger partial charge is 0.381 e. The van der Waals surface area contributed by atoms with Crippen LogP contribution in [0.4, 0.5) is 20.6 Å². The van der Waals surface area contributed by atoms with E-state index in [1.165, 1.54) is 23.3 Å². The molecule has 2 amide bonds. The molecule has 2 aromatic rings. The number of guanidine groups is 1. The molecule has 5 rings (SSSR count). The van der Waals surface area contributed by atoms with E-state index in [1.807, 2.05) is 12.1 Å². The first-order valence-corrected chi connectivity index (χ1v) is 14.6. The number of nitrogens with zero attached hydrogens (tertiary/aromatic N) is 5. The molecular weight excluding hydrogens is 521 g/mol. The molecule has 3 aliphatic heterocycles. The minimum Gasteiger partial charge on any atom is -0.381 e. The van der Waals surface area contributed by atoms with Gasteiger partial charge in [-0.1, -0.05) is 32.0 Å². The van der Waals surface area contributed by atoms with Gasteiger partial charge in [0, 0.05) is 58.2 Å². The van der Waals surface area contributed by atoms with Gasteiger partial charge in [-0.2, -0.15) is 5.26 Å². The number of nitrogens with one attached hydrogen (secondary N) is 2. The molecule has 9 nitrogen and oxygen atoms in total. The number of urea groups is 1. The van der Waals surface area contributed by atoms with Crippen molar-refractivity contribution >= 4 is 23.4 Å². The van der Waals surface area contributed by atoms with E-state index in [0.29, 0.717) is 37.2 Å². The Kier molecular flexibility index (Phi) is 9.37. The van der Waals surface area contributed by atoms with Crippen LogP contribution in [0.15, 0.2) is 47.5 Å². The van der Waals surface area contributed by atoms with Crippen LogP contribution in [0.2, 0.25) is 0 Å². The molecule has 10 heteroatoms. The lowest BCUT2D eigenvalue weighted by Crippen LogP contribution is -2.60. The first-order valence-electron chi connectivity index (χ1n) is 14.6. The summed E-state index contributed by atoms with van der Waals surface area (Å²) in [6.07, 6.45) is 5.26. The van der Waals surface area contributed by atoms with Crippen molar-refractivity contribution in [2.24, 2.45) is 16.8 Å². The van der Waals surface area contributed by atoms with Gasteiger partial charge in [-0.15, -0.1) is 0 Å². The topological polar surface area (TPSA) is 96.2 Å². The smallest absolute Gasteiger partial charge is 0.321 e. The summed E-state index contributed by atoms with van der Waals surface area (Å²) < 4.78 is 19.1. The van der Waals surface area contributed by atoms with Crippen LogP contribution in [0.1, 0.15) is 37.8 Å². The van der Waals surface area contributed by atoms with E-state index in [9.17, 15) is 14.4 Å². The molecule has 2 saturated heterocycles. The van der Waals surface area contributed by atoms with Gasteiger partial charge in [0.15, 0.2) is 6.19 Å². The Hall–Kier alpha value is -3.68. The second kappa shape index (κ2) is 13.3. The van der Waals surface area contributed by atoms with Crippen molar-refractivity contribution in [3.05, 3.63) is 59.4 Å². The summed E-state index contributed by atoms with van der Waals surface area (Å²) in [5.74, 6) is 0.995. The molecule has 1 unspecified atom stereocenters. The molecule has 0 aliphatic carbocycles. The molecule has 0 radical (unpaired) electrons. The summed E-state index contributed by atoms with van der Waals surface area (Å²) in [5, 5.41) is 15.3. The lowest BCUT2D eigenvalue weighted by molar-refractivity contribution is 0.0506. The number of rotatable bonds is 5. The Morgan fingerprint density at radius 1 is 1.17 bits per heavy atom. The number of benzene rings is 2. The Morgan fingerprint density at radius 2 is 1.98 bits per heavy atom. The van der Waals surface area contributed by atoms with Crippen LogP contribution >= 0.6 is 0 Å². The number of fused-ring (bicyclic) bond motifs is 1. The molecule has 41 heavy (non-hydrogen) atoms. The van der Waals surface area contributed by atoms with Crippen LogP contribution in [0.5, 0.6) is 0 Å². The molecule has 3 heterocycles. The standard InChI is InChI=1S/C31H40FN7O2/c1-22(2)29-20-38(31(40)35-26-7-4-6-25(32)17-26)13-14-39(29)30(34-21-33)36-28-8-3-5-24-19-37(12-9-27(24)28)18-23-10-15-41-16-11-23/h3-8,17,22-23,29H,9-16,18-20H2,1-2H3,(H,34,36)(H,35,40). The zero-order valence-electron chi connectivity index (χ0n) is 24.0. The first kappa shape index (κ1) is 28.8. The van der Waals surface area contributed by atoms with E-state index < -0.39 is 5.82 Å². The van der Waals surface area contributed by atoms with Crippen molar-refractivity contribution < 1.29 is 13.9 Å². The van der Waals surface area contributed by atoms with Crippen molar-refractivity contribution in [2.45, 2.75) is 45.7 Å². The van der Waals surface area contributed by atoms with Gasteiger partial charge in [0.05, 0.1) is 11.7 Å². The monoisotopic (exact) mass is 561 g/mol. The molecule has 0 aromatic heterocycles. The second-order valence-corrected chi connectivity index (χ2v) is 11.5. The van der Waals surface area contributed by atoms with E-state index >= 15 is 0 Å². The number of aliphatic imine (C=N–C) groups is 1. The Balaban J connectivity index is 1.31. The van der Waals surface area contributed by atoms with Crippen LogP contribution < -0.4 is 10.6 Å². The summed E-state index contributed by atoms with van der Waals surface area (Å²) in [6.45, 7) is 10.4. The van der Waals surface area contributed by atoms with Crippen molar-refractivity contribution in [3.8, 4) is 6.19 Å². The summed E-state index contributed by atoms with van der Waals surface area (Å²) >= 11 is 0.